The zero-order chi connectivity index (χ0) is 20.4. The minimum Gasteiger partial charge on any atom is -0.494 e. The first-order chi connectivity index (χ1) is 14.0. The van der Waals surface area contributed by atoms with E-state index in [9.17, 15) is 4.79 Å². The highest BCUT2D eigenvalue weighted by molar-refractivity contribution is 7.22. The number of aryl methyl sites for hydroxylation is 2. The van der Waals surface area contributed by atoms with Crippen molar-refractivity contribution in [2.24, 2.45) is 7.05 Å². The molecule has 0 unspecified atom stereocenters. The fourth-order valence-electron chi connectivity index (χ4n) is 2.97. The first-order valence-corrected chi connectivity index (χ1v) is 10.1. The summed E-state index contributed by atoms with van der Waals surface area (Å²) >= 11 is 1.46. The molecule has 3 heterocycles. The molecule has 0 fully saturated rings. The second kappa shape index (κ2) is 8.00. The van der Waals surface area contributed by atoms with Crippen molar-refractivity contribution in [2.75, 3.05) is 11.5 Å². The van der Waals surface area contributed by atoms with Crippen LogP contribution in [-0.2, 0) is 13.6 Å². The van der Waals surface area contributed by atoms with Gasteiger partial charge in [-0.1, -0.05) is 17.4 Å². The molecule has 0 saturated carbocycles. The van der Waals surface area contributed by atoms with E-state index in [4.69, 9.17) is 9.72 Å². The molecule has 0 bridgehead atoms. The van der Waals surface area contributed by atoms with Crippen molar-refractivity contribution in [1.82, 2.24) is 19.7 Å². The Morgan fingerprint density at radius 3 is 2.83 bits per heavy atom. The molecule has 29 heavy (non-hydrogen) atoms. The molecule has 7 nitrogen and oxygen atoms in total. The smallest absolute Gasteiger partial charge is 0.280 e. The number of amides is 1. The zero-order valence-electron chi connectivity index (χ0n) is 16.5. The van der Waals surface area contributed by atoms with E-state index in [-0.39, 0.29) is 5.91 Å². The summed E-state index contributed by atoms with van der Waals surface area (Å²) in [6, 6.07) is 11.4. The normalized spacial score (nSPS) is 11.0. The number of hydrogen-bond acceptors (Lipinski definition) is 6. The molecule has 1 amide bonds. The predicted octanol–water partition coefficient (Wildman–Crippen LogP) is 3.98. The van der Waals surface area contributed by atoms with Crippen LogP contribution in [0.3, 0.4) is 0 Å². The lowest BCUT2D eigenvalue weighted by atomic mass is 10.2. The van der Waals surface area contributed by atoms with Gasteiger partial charge in [0.05, 0.1) is 23.4 Å². The Balaban J connectivity index is 1.74. The second-order valence-corrected chi connectivity index (χ2v) is 7.62. The number of hydrogen-bond donors (Lipinski definition) is 0. The van der Waals surface area contributed by atoms with Crippen molar-refractivity contribution < 1.29 is 9.53 Å². The lowest BCUT2D eigenvalue weighted by molar-refractivity contribution is 0.0979. The van der Waals surface area contributed by atoms with Crippen LogP contribution in [0.5, 0.6) is 5.75 Å². The van der Waals surface area contributed by atoms with Crippen LogP contribution in [-0.4, -0.2) is 32.3 Å². The standard InChI is InChI=1S/C21H21N5O2S/c1-4-28-16-7-8-17-19(11-16)29-21(23-17)26(13-15-6-5-9-22-12-15)20(27)18-10-14(2)25(3)24-18/h5-12H,4,13H2,1-3H3. The number of nitrogens with zero attached hydrogens (tertiary/aromatic N) is 5. The Kier molecular flexibility index (Phi) is 5.26. The highest BCUT2D eigenvalue weighted by Crippen LogP contribution is 2.33. The number of benzene rings is 1. The Bertz CT molecular complexity index is 1130. The molecule has 0 aliphatic heterocycles. The Morgan fingerprint density at radius 1 is 1.28 bits per heavy atom. The fraction of sp³-hybridized carbons (Fsp3) is 0.238. The summed E-state index contributed by atoms with van der Waals surface area (Å²) in [5.74, 6) is 0.599. The number of carbonyl (C=O) groups is 1. The molecule has 0 saturated heterocycles. The van der Waals surface area contributed by atoms with Gasteiger partial charge in [-0.3, -0.25) is 19.4 Å². The molecule has 4 rings (SSSR count). The Hall–Kier alpha value is -3.26. The first-order valence-electron chi connectivity index (χ1n) is 9.30. The van der Waals surface area contributed by atoms with Crippen molar-refractivity contribution in [3.05, 3.63) is 65.7 Å². The molecule has 0 spiro atoms. The molecule has 1 aromatic carbocycles. The van der Waals surface area contributed by atoms with Gasteiger partial charge in [0.15, 0.2) is 10.8 Å². The van der Waals surface area contributed by atoms with Crippen molar-refractivity contribution in [1.29, 1.82) is 0 Å². The number of fused-ring (bicyclic) bond motifs is 1. The van der Waals surface area contributed by atoms with Crippen LogP contribution in [0.4, 0.5) is 5.13 Å². The quantitative estimate of drug-likeness (QED) is 0.483. The monoisotopic (exact) mass is 407 g/mol. The highest BCUT2D eigenvalue weighted by atomic mass is 32.1. The molecule has 0 radical (unpaired) electrons. The topological polar surface area (TPSA) is 73.1 Å². The summed E-state index contributed by atoms with van der Waals surface area (Å²) in [6.07, 6.45) is 3.47. The molecule has 8 heteroatoms. The van der Waals surface area contributed by atoms with Crippen molar-refractivity contribution in [3.8, 4) is 5.75 Å². The summed E-state index contributed by atoms with van der Waals surface area (Å²) in [6.45, 7) is 4.83. The summed E-state index contributed by atoms with van der Waals surface area (Å²) in [7, 11) is 1.82. The van der Waals surface area contributed by atoms with E-state index < -0.39 is 0 Å². The van der Waals surface area contributed by atoms with E-state index in [0.717, 1.165) is 27.2 Å². The molecule has 3 aromatic heterocycles. The minimum absolute atomic E-state index is 0.193. The molecule has 0 aliphatic carbocycles. The van der Waals surface area contributed by atoms with E-state index in [1.54, 1.807) is 28.0 Å². The molecule has 0 aliphatic rings. The first kappa shape index (κ1) is 19.1. The van der Waals surface area contributed by atoms with E-state index in [1.807, 2.05) is 51.2 Å². The Morgan fingerprint density at radius 2 is 2.14 bits per heavy atom. The van der Waals surface area contributed by atoms with Gasteiger partial charge >= 0.3 is 0 Å². The van der Waals surface area contributed by atoms with Gasteiger partial charge in [-0.2, -0.15) is 5.10 Å². The van der Waals surface area contributed by atoms with E-state index in [0.29, 0.717) is 24.0 Å². The van der Waals surface area contributed by atoms with Crippen molar-refractivity contribution in [3.63, 3.8) is 0 Å². The van der Waals surface area contributed by atoms with Gasteiger partial charge in [-0.05, 0) is 49.7 Å². The molecular formula is C21H21N5O2S. The van der Waals surface area contributed by atoms with E-state index in [2.05, 4.69) is 10.1 Å². The van der Waals surface area contributed by atoms with Crippen molar-refractivity contribution in [2.45, 2.75) is 20.4 Å². The summed E-state index contributed by atoms with van der Waals surface area (Å²) in [4.78, 5) is 23.9. The number of rotatable bonds is 6. The van der Waals surface area contributed by atoms with Crippen LogP contribution in [0, 0.1) is 6.92 Å². The maximum atomic E-state index is 13.3. The maximum absolute atomic E-state index is 13.3. The third-order valence-corrected chi connectivity index (χ3v) is 5.57. The van der Waals surface area contributed by atoms with Gasteiger partial charge in [0.1, 0.15) is 5.75 Å². The average Bonchev–Trinajstić information content (AvgIpc) is 3.29. The van der Waals surface area contributed by atoms with Crippen LogP contribution in [0.25, 0.3) is 10.2 Å². The van der Waals surface area contributed by atoms with Gasteiger partial charge in [0, 0.05) is 25.1 Å². The van der Waals surface area contributed by atoms with Gasteiger partial charge < -0.3 is 4.74 Å². The number of pyridine rings is 1. The predicted molar refractivity (Wildman–Crippen MR) is 113 cm³/mol. The average molecular weight is 407 g/mol. The van der Waals surface area contributed by atoms with Crippen molar-refractivity contribution >= 4 is 32.6 Å². The molecule has 4 aromatic rings. The molecule has 0 N–H and O–H groups in total. The number of carbonyl (C=O) groups excluding carboxylic acids is 1. The zero-order valence-corrected chi connectivity index (χ0v) is 17.3. The van der Waals surface area contributed by atoms with Gasteiger partial charge in [0.25, 0.3) is 5.91 Å². The Labute approximate surface area is 172 Å². The number of aromatic nitrogens is 4. The van der Waals surface area contributed by atoms with E-state index in [1.165, 1.54) is 11.3 Å². The third-order valence-electron chi connectivity index (χ3n) is 4.53. The lowest BCUT2D eigenvalue weighted by Gasteiger charge is -2.18. The largest absolute Gasteiger partial charge is 0.494 e. The van der Waals surface area contributed by atoms with Crippen LogP contribution >= 0.6 is 11.3 Å². The number of thiazole rings is 1. The molecule has 148 valence electrons. The highest BCUT2D eigenvalue weighted by Gasteiger charge is 2.24. The summed E-state index contributed by atoms with van der Waals surface area (Å²) in [5.41, 5.74) is 3.06. The second-order valence-electron chi connectivity index (χ2n) is 6.61. The van der Waals surface area contributed by atoms with Crippen LogP contribution in [0.1, 0.15) is 28.7 Å². The molecule has 0 atom stereocenters. The summed E-state index contributed by atoms with van der Waals surface area (Å²) < 4.78 is 8.25. The number of ether oxygens (including phenoxy) is 1. The third kappa shape index (κ3) is 3.97. The lowest BCUT2D eigenvalue weighted by Crippen LogP contribution is -2.30. The van der Waals surface area contributed by atoms with E-state index >= 15 is 0 Å². The summed E-state index contributed by atoms with van der Waals surface area (Å²) in [5, 5.41) is 4.97. The van der Waals surface area contributed by atoms with Crippen LogP contribution < -0.4 is 9.64 Å². The minimum atomic E-state index is -0.193. The van der Waals surface area contributed by atoms with Gasteiger partial charge in [0.2, 0.25) is 0 Å². The van der Waals surface area contributed by atoms with Crippen LogP contribution in [0.15, 0.2) is 48.8 Å². The fourth-order valence-corrected chi connectivity index (χ4v) is 3.96. The SMILES string of the molecule is CCOc1ccc2nc(N(Cc3cccnc3)C(=O)c3cc(C)n(C)n3)sc2c1. The number of anilines is 1. The van der Waals surface area contributed by atoms with Crippen LogP contribution in [0.2, 0.25) is 0 Å². The maximum Gasteiger partial charge on any atom is 0.280 e. The van der Waals surface area contributed by atoms with Gasteiger partial charge in [-0.25, -0.2) is 4.98 Å². The molecular weight excluding hydrogens is 386 g/mol. The van der Waals surface area contributed by atoms with Gasteiger partial charge in [-0.15, -0.1) is 0 Å².